The van der Waals surface area contributed by atoms with Crippen LogP contribution in [0.4, 0.5) is 0 Å². The number of unbranched alkanes of at least 4 members (excludes halogenated alkanes) is 1. The van der Waals surface area contributed by atoms with Crippen molar-refractivity contribution in [2.45, 2.75) is 26.3 Å². The van der Waals surface area contributed by atoms with Gasteiger partial charge in [-0.2, -0.15) is 5.26 Å². The fourth-order valence-electron chi connectivity index (χ4n) is 1.96. The number of pyridine rings is 1. The zero-order chi connectivity index (χ0) is 15.1. The molecule has 21 heavy (non-hydrogen) atoms. The predicted molar refractivity (Wildman–Crippen MR) is 77.3 cm³/mol. The first-order chi connectivity index (χ1) is 10.2. The molecule has 0 unspecified atom stereocenters. The minimum absolute atomic E-state index is 0.100. The number of amides is 1. The van der Waals surface area contributed by atoms with Crippen LogP contribution in [0.15, 0.2) is 41.1 Å². The molecule has 0 aromatic carbocycles. The van der Waals surface area contributed by atoms with Crippen LogP contribution in [0.5, 0.6) is 0 Å². The number of aromatic nitrogens is 1. The highest BCUT2D eigenvalue weighted by molar-refractivity contribution is 5.93. The molecule has 1 amide bonds. The first-order valence-corrected chi connectivity index (χ1v) is 6.92. The van der Waals surface area contributed by atoms with Gasteiger partial charge in [-0.05, 0) is 30.7 Å². The number of carbonyl (C=O) groups excluding carboxylic acids is 1. The van der Waals surface area contributed by atoms with Crippen LogP contribution in [0.25, 0.3) is 0 Å². The topological polar surface area (TPSA) is 70.1 Å². The monoisotopic (exact) mass is 283 g/mol. The van der Waals surface area contributed by atoms with Crippen LogP contribution >= 0.6 is 0 Å². The summed E-state index contributed by atoms with van der Waals surface area (Å²) in [7, 11) is 0. The molecule has 0 aliphatic rings. The maximum absolute atomic E-state index is 12.5. The van der Waals surface area contributed by atoms with Gasteiger partial charge in [0.1, 0.15) is 17.5 Å². The van der Waals surface area contributed by atoms with Crippen molar-refractivity contribution in [3.8, 4) is 6.07 Å². The Hall–Kier alpha value is -2.61. The molecule has 2 aromatic heterocycles. The highest BCUT2D eigenvalue weighted by Gasteiger charge is 2.17. The van der Waals surface area contributed by atoms with Gasteiger partial charge in [-0.25, -0.2) is 4.98 Å². The van der Waals surface area contributed by atoms with Crippen molar-refractivity contribution in [2.24, 2.45) is 0 Å². The molecule has 2 heterocycles. The summed E-state index contributed by atoms with van der Waals surface area (Å²) in [6, 6.07) is 8.79. The van der Waals surface area contributed by atoms with Gasteiger partial charge >= 0.3 is 0 Å². The summed E-state index contributed by atoms with van der Waals surface area (Å²) in [6.07, 6.45) is 4.98. The van der Waals surface area contributed by atoms with Crippen molar-refractivity contribution < 1.29 is 9.21 Å². The van der Waals surface area contributed by atoms with Crippen LogP contribution in [-0.2, 0) is 6.54 Å². The quantitative estimate of drug-likeness (QED) is 0.817. The number of nitrogens with zero attached hydrogens (tertiary/aromatic N) is 3. The van der Waals surface area contributed by atoms with E-state index >= 15 is 0 Å². The second-order valence-corrected chi connectivity index (χ2v) is 4.70. The zero-order valence-corrected chi connectivity index (χ0v) is 12.0. The molecule has 0 saturated heterocycles. The zero-order valence-electron chi connectivity index (χ0n) is 12.0. The molecule has 108 valence electrons. The van der Waals surface area contributed by atoms with Gasteiger partial charge in [-0.15, -0.1) is 0 Å². The number of furan rings is 1. The highest BCUT2D eigenvalue weighted by atomic mass is 16.3. The minimum atomic E-state index is -0.100. The second kappa shape index (κ2) is 7.25. The van der Waals surface area contributed by atoms with Gasteiger partial charge in [0, 0.05) is 12.7 Å². The third-order valence-electron chi connectivity index (χ3n) is 3.12. The first-order valence-electron chi connectivity index (χ1n) is 6.92. The standard InChI is InChI=1S/C16H17N3O2/c1-2-3-8-19(12-15-5-4-9-21-15)16(20)13-6-7-14(10-17)18-11-13/h4-7,9,11H,2-3,8,12H2,1H3. The molecule has 0 fully saturated rings. The summed E-state index contributed by atoms with van der Waals surface area (Å²) >= 11 is 0. The van der Waals surface area contributed by atoms with Gasteiger partial charge in [0.15, 0.2) is 0 Å². The third kappa shape index (κ3) is 3.93. The van der Waals surface area contributed by atoms with Crippen molar-refractivity contribution >= 4 is 5.91 Å². The summed E-state index contributed by atoms with van der Waals surface area (Å²) in [5.74, 6) is 0.651. The Morgan fingerprint density at radius 1 is 1.43 bits per heavy atom. The lowest BCUT2D eigenvalue weighted by molar-refractivity contribution is 0.0728. The largest absolute Gasteiger partial charge is 0.467 e. The molecule has 5 nitrogen and oxygen atoms in total. The number of rotatable bonds is 6. The molecule has 2 aromatic rings. The lowest BCUT2D eigenvalue weighted by atomic mass is 10.2. The Bertz CT molecular complexity index is 612. The molecule has 2 rings (SSSR count). The van der Waals surface area contributed by atoms with Crippen LogP contribution in [0.2, 0.25) is 0 Å². The molecule has 0 N–H and O–H groups in total. The maximum atomic E-state index is 12.5. The molecule has 0 aliphatic heterocycles. The summed E-state index contributed by atoms with van der Waals surface area (Å²) in [4.78, 5) is 18.2. The van der Waals surface area contributed by atoms with E-state index in [2.05, 4.69) is 11.9 Å². The molecule has 0 spiro atoms. The lowest BCUT2D eigenvalue weighted by Gasteiger charge is -2.21. The van der Waals surface area contributed by atoms with Crippen molar-refractivity contribution in [3.63, 3.8) is 0 Å². The Labute approximate surface area is 123 Å². The van der Waals surface area contributed by atoms with Crippen LogP contribution in [0.3, 0.4) is 0 Å². The van der Waals surface area contributed by atoms with Crippen molar-refractivity contribution in [3.05, 3.63) is 53.7 Å². The lowest BCUT2D eigenvalue weighted by Crippen LogP contribution is -2.31. The Morgan fingerprint density at radius 3 is 2.86 bits per heavy atom. The Morgan fingerprint density at radius 2 is 2.29 bits per heavy atom. The van der Waals surface area contributed by atoms with Crippen molar-refractivity contribution in [1.29, 1.82) is 5.26 Å². The first kappa shape index (κ1) is 14.8. The average molecular weight is 283 g/mol. The molecule has 5 heteroatoms. The molecule has 0 saturated carbocycles. The summed E-state index contributed by atoms with van der Waals surface area (Å²) in [5, 5.41) is 8.74. The van der Waals surface area contributed by atoms with Gasteiger partial charge < -0.3 is 9.32 Å². The second-order valence-electron chi connectivity index (χ2n) is 4.70. The normalized spacial score (nSPS) is 10.1. The van der Waals surface area contributed by atoms with Crippen LogP contribution in [0, 0.1) is 11.3 Å². The van der Waals surface area contributed by atoms with Crippen LogP contribution < -0.4 is 0 Å². The fourth-order valence-corrected chi connectivity index (χ4v) is 1.96. The fraction of sp³-hybridized carbons (Fsp3) is 0.312. The summed E-state index contributed by atoms with van der Waals surface area (Å²) in [6.45, 7) is 3.18. The van der Waals surface area contributed by atoms with Crippen molar-refractivity contribution in [2.75, 3.05) is 6.54 Å². The van der Waals surface area contributed by atoms with Crippen LogP contribution in [0.1, 0.15) is 41.6 Å². The number of carbonyl (C=O) groups is 1. The number of nitriles is 1. The summed E-state index contributed by atoms with van der Waals surface area (Å²) in [5.41, 5.74) is 0.786. The Balaban J connectivity index is 2.14. The van der Waals surface area contributed by atoms with Gasteiger partial charge in [0.2, 0.25) is 0 Å². The number of hydrogen-bond acceptors (Lipinski definition) is 4. The van der Waals surface area contributed by atoms with E-state index in [0.717, 1.165) is 18.6 Å². The van der Waals surface area contributed by atoms with E-state index in [1.54, 1.807) is 29.4 Å². The smallest absolute Gasteiger partial charge is 0.255 e. The predicted octanol–water partition coefficient (Wildman–Crippen LogP) is 2.99. The molecule has 0 radical (unpaired) electrons. The van der Waals surface area contributed by atoms with Crippen LogP contribution in [-0.4, -0.2) is 22.3 Å². The SMILES string of the molecule is CCCCN(Cc1ccco1)C(=O)c1ccc(C#N)nc1. The van der Waals surface area contributed by atoms with E-state index in [9.17, 15) is 4.79 Å². The molecule has 0 bridgehead atoms. The van der Waals surface area contributed by atoms with Gasteiger partial charge in [-0.1, -0.05) is 13.3 Å². The van der Waals surface area contributed by atoms with E-state index in [-0.39, 0.29) is 5.91 Å². The maximum Gasteiger partial charge on any atom is 0.255 e. The van der Waals surface area contributed by atoms with Gasteiger partial charge in [0.05, 0.1) is 18.4 Å². The van der Waals surface area contributed by atoms with Gasteiger partial charge in [-0.3, -0.25) is 4.79 Å². The van der Waals surface area contributed by atoms with E-state index in [4.69, 9.17) is 9.68 Å². The molecule has 0 aliphatic carbocycles. The van der Waals surface area contributed by atoms with E-state index in [0.29, 0.717) is 24.3 Å². The minimum Gasteiger partial charge on any atom is -0.467 e. The summed E-state index contributed by atoms with van der Waals surface area (Å²) < 4.78 is 5.31. The molecular weight excluding hydrogens is 266 g/mol. The van der Waals surface area contributed by atoms with Crippen molar-refractivity contribution in [1.82, 2.24) is 9.88 Å². The number of hydrogen-bond donors (Lipinski definition) is 0. The van der Waals surface area contributed by atoms with E-state index < -0.39 is 0 Å². The molecule has 0 atom stereocenters. The third-order valence-corrected chi connectivity index (χ3v) is 3.12. The van der Waals surface area contributed by atoms with Gasteiger partial charge in [0.25, 0.3) is 5.91 Å². The van der Waals surface area contributed by atoms with E-state index in [1.807, 2.05) is 12.1 Å². The Kier molecular flexibility index (Phi) is 5.10. The highest BCUT2D eigenvalue weighted by Crippen LogP contribution is 2.11. The molecular formula is C16H17N3O2. The average Bonchev–Trinajstić information content (AvgIpc) is 3.04. The van der Waals surface area contributed by atoms with E-state index in [1.165, 1.54) is 6.20 Å².